The van der Waals surface area contributed by atoms with Crippen molar-refractivity contribution in [2.24, 2.45) is 0 Å². The molecule has 4 heteroatoms. The third kappa shape index (κ3) is 5.06. The second-order valence-corrected chi connectivity index (χ2v) is 5.64. The molecule has 0 aromatic heterocycles. The van der Waals surface area contributed by atoms with E-state index in [1.807, 2.05) is 48.5 Å². The zero-order valence-corrected chi connectivity index (χ0v) is 13.5. The molecule has 0 amide bonds. The van der Waals surface area contributed by atoms with Crippen LogP contribution in [0.4, 0.5) is 0 Å². The van der Waals surface area contributed by atoms with Gasteiger partial charge >= 0.3 is 0 Å². The molecule has 1 N–H and O–H groups in total. The predicted molar refractivity (Wildman–Crippen MR) is 86.8 cm³/mol. The lowest BCUT2D eigenvalue weighted by Crippen LogP contribution is -2.07. The standard InChI is InChI=1S/C17H19BrO3/c1-13(19)16-12-14(18)8-9-17(16)21-11-5-10-20-15-6-3-2-4-7-15/h2-4,6-9,12-13,19H,5,10-11H2,1H3/t13-/m0/s1. The van der Waals surface area contributed by atoms with Gasteiger partial charge in [-0.3, -0.25) is 0 Å². The molecule has 0 aliphatic carbocycles. The van der Waals surface area contributed by atoms with E-state index in [-0.39, 0.29) is 0 Å². The first kappa shape index (κ1) is 15.9. The Morgan fingerprint density at radius 1 is 1.05 bits per heavy atom. The second kappa shape index (κ2) is 8.05. The SMILES string of the molecule is C[C@H](O)c1cc(Br)ccc1OCCCOc1ccccc1. The average molecular weight is 351 g/mol. The van der Waals surface area contributed by atoms with Gasteiger partial charge in [0.25, 0.3) is 0 Å². The Hall–Kier alpha value is -1.52. The average Bonchev–Trinajstić information content (AvgIpc) is 2.49. The van der Waals surface area contributed by atoms with Crippen LogP contribution in [0, 0.1) is 0 Å². The van der Waals surface area contributed by atoms with Gasteiger partial charge in [0, 0.05) is 16.5 Å². The first-order valence-corrected chi connectivity index (χ1v) is 7.74. The fraction of sp³-hybridized carbons (Fsp3) is 0.294. The molecule has 2 rings (SSSR count). The Morgan fingerprint density at radius 2 is 1.76 bits per heavy atom. The first-order valence-electron chi connectivity index (χ1n) is 6.95. The van der Waals surface area contributed by atoms with Crippen molar-refractivity contribution < 1.29 is 14.6 Å². The van der Waals surface area contributed by atoms with E-state index < -0.39 is 6.10 Å². The lowest BCUT2D eigenvalue weighted by Gasteiger charge is -2.14. The van der Waals surface area contributed by atoms with Crippen molar-refractivity contribution in [1.29, 1.82) is 0 Å². The fourth-order valence-corrected chi connectivity index (χ4v) is 2.30. The molecule has 2 aromatic rings. The molecular weight excluding hydrogens is 332 g/mol. The maximum Gasteiger partial charge on any atom is 0.125 e. The van der Waals surface area contributed by atoms with E-state index in [0.717, 1.165) is 22.2 Å². The number of rotatable bonds is 7. The highest BCUT2D eigenvalue weighted by atomic mass is 79.9. The monoisotopic (exact) mass is 350 g/mol. The van der Waals surface area contributed by atoms with Crippen molar-refractivity contribution in [2.45, 2.75) is 19.4 Å². The fourth-order valence-electron chi connectivity index (χ4n) is 1.93. The zero-order valence-electron chi connectivity index (χ0n) is 12.0. The van der Waals surface area contributed by atoms with Gasteiger partial charge in [-0.25, -0.2) is 0 Å². The molecule has 3 nitrogen and oxygen atoms in total. The van der Waals surface area contributed by atoms with Crippen molar-refractivity contribution in [3.8, 4) is 11.5 Å². The van der Waals surface area contributed by atoms with Crippen LogP contribution in [0.1, 0.15) is 25.0 Å². The van der Waals surface area contributed by atoms with Gasteiger partial charge in [-0.2, -0.15) is 0 Å². The van der Waals surface area contributed by atoms with E-state index in [1.54, 1.807) is 6.92 Å². The van der Waals surface area contributed by atoms with Crippen LogP contribution in [-0.2, 0) is 0 Å². The number of benzene rings is 2. The topological polar surface area (TPSA) is 38.7 Å². The normalized spacial score (nSPS) is 12.0. The van der Waals surface area contributed by atoms with Crippen LogP contribution in [0.15, 0.2) is 53.0 Å². The van der Waals surface area contributed by atoms with E-state index in [0.29, 0.717) is 19.0 Å². The van der Waals surface area contributed by atoms with Gasteiger partial charge in [-0.1, -0.05) is 34.1 Å². The highest BCUT2D eigenvalue weighted by Crippen LogP contribution is 2.28. The highest BCUT2D eigenvalue weighted by molar-refractivity contribution is 9.10. The molecule has 21 heavy (non-hydrogen) atoms. The Kier molecular flexibility index (Phi) is 6.08. The van der Waals surface area contributed by atoms with Crippen LogP contribution in [-0.4, -0.2) is 18.3 Å². The smallest absolute Gasteiger partial charge is 0.125 e. The molecule has 1 atom stereocenters. The van der Waals surface area contributed by atoms with E-state index in [2.05, 4.69) is 15.9 Å². The molecule has 0 saturated carbocycles. The van der Waals surface area contributed by atoms with E-state index in [9.17, 15) is 5.11 Å². The summed E-state index contributed by atoms with van der Waals surface area (Å²) < 4.78 is 12.3. The highest BCUT2D eigenvalue weighted by Gasteiger charge is 2.09. The van der Waals surface area contributed by atoms with Gasteiger partial charge in [0.05, 0.1) is 19.3 Å². The number of halogens is 1. The van der Waals surface area contributed by atoms with E-state index >= 15 is 0 Å². The van der Waals surface area contributed by atoms with Gasteiger partial charge in [0.1, 0.15) is 11.5 Å². The lowest BCUT2D eigenvalue weighted by molar-refractivity contribution is 0.188. The van der Waals surface area contributed by atoms with Gasteiger partial charge in [-0.15, -0.1) is 0 Å². The van der Waals surface area contributed by atoms with Crippen molar-refractivity contribution in [1.82, 2.24) is 0 Å². The summed E-state index contributed by atoms with van der Waals surface area (Å²) in [6, 6.07) is 15.4. The molecule has 0 radical (unpaired) electrons. The first-order chi connectivity index (χ1) is 10.2. The minimum Gasteiger partial charge on any atom is -0.493 e. The summed E-state index contributed by atoms with van der Waals surface area (Å²) in [7, 11) is 0. The number of aliphatic hydroxyl groups excluding tert-OH is 1. The van der Waals surface area contributed by atoms with Crippen LogP contribution < -0.4 is 9.47 Å². The van der Waals surface area contributed by atoms with Crippen molar-refractivity contribution in [3.63, 3.8) is 0 Å². The molecule has 0 unspecified atom stereocenters. The molecule has 0 aliphatic rings. The molecule has 112 valence electrons. The lowest BCUT2D eigenvalue weighted by atomic mass is 10.1. The molecule has 2 aromatic carbocycles. The molecule has 0 saturated heterocycles. The van der Waals surface area contributed by atoms with Gasteiger partial charge in [0.2, 0.25) is 0 Å². The zero-order chi connectivity index (χ0) is 15.1. The molecule has 0 fully saturated rings. The molecule has 0 bridgehead atoms. The summed E-state index contributed by atoms with van der Waals surface area (Å²) in [5.41, 5.74) is 0.786. The number of hydrogen-bond donors (Lipinski definition) is 1. The van der Waals surface area contributed by atoms with Crippen LogP contribution in [0.2, 0.25) is 0 Å². The summed E-state index contributed by atoms with van der Waals surface area (Å²) in [4.78, 5) is 0. The van der Waals surface area contributed by atoms with Crippen molar-refractivity contribution in [2.75, 3.05) is 13.2 Å². The molecule has 0 aliphatic heterocycles. The van der Waals surface area contributed by atoms with Gasteiger partial charge < -0.3 is 14.6 Å². The molecule has 0 heterocycles. The van der Waals surface area contributed by atoms with E-state index in [4.69, 9.17) is 9.47 Å². The van der Waals surface area contributed by atoms with Gasteiger partial charge in [-0.05, 0) is 37.3 Å². The minimum atomic E-state index is -0.557. The summed E-state index contributed by atoms with van der Waals surface area (Å²) in [6.45, 7) is 2.88. The maximum atomic E-state index is 9.75. The Labute approximate surface area is 133 Å². The Balaban J connectivity index is 1.78. The Morgan fingerprint density at radius 3 is 2.48 bits per heavy atom. The van der Waals surface area contributed by atoms with Crippen LogP contribution in [0.25, 0.3) is 0 Å². The summed E-state index contributed by atoms with van der Waals surface area (Å²) in [5, 5.41) is 9.75. The largest absolute Gasteiger partial charge is 0.493 e. The molecule has 0 spiro atoms. The minimum absolute atomic E-state index is 0.550. The van der Waals surface area contributed by atoms with Gasteiger partial charge in [0.15, 0.2) is 0 Å². The third-order valence-corrected chi connectivity index (χ3v) is 3.47. The summed E-state index contributed by atoms with van der Waals surface area (Å²) in [6.07, 6.45) is 0.225. The predicted octanol–water partition coefficient (Wildman–Crippen LogP) is 4.35. The van der Waals surface area contributed by atoms with Crippen LogP contribution in [0.3, 0.4) is 0 Å². The third-order valence-electron chi connectivity index (χ3n) is 2.98. The number of ether oxygens (including phenoxy) is 2. The second-order valence-electron chi connectivity index (χ2n) is 4.72. The number of para-hydroxylation sites is 1. The summed E-state index contributed by atoms with van der Waals surface area (Å²) in [5.74, 6) is 1.58. The number of hydrogen-bond acceptors (Lipinski definition) is 3. The maximum absolute atomic E-state index is 9.75. The van der Waals surface area contributed by atoms with Crippen LogP contribution >= 0.6 is 15.9 Å². The van der Waals surface area contributed by atoms with Crippen molar-refractivity contribution in [3.05, 3.63) is 58.6 Å². The Bertz CT molecular complexity index is 555. The summed E-state index contributed by atoms with van der Waals surface area (Å²) >= 11 is 3.40. The van der Waals surface area contributed by atoms with E-state index in [1.165, 1.54) is 0 Å². The van der Waals surface area contributed by atoms with Crippen molar-refractivity contribution >= 4 is 15.9 Å². The quantitative estimate of drug-likeness (QED) is 0.754. The number of aliphatic hydroxyl groups is 1. The van der Waals surface area contributed by atoms with Crippen LogP contribution in [0.5, 0.6) is 11.5 Å². The molecular formula is C17H19BrO3.